The van der Waals surface area contributed by atoms with Crippen LogP contribution in [-0.4, -0.2) is 25.7 Å². The molecule has 1 unspecified atom stereocenters. The molecule has 0 amide bonds. The van der Waals surface area contributed by atoms with E-state index < -0.39 is 0 Å². The smallest absolute Gasteiger partial charge is 0.127 e. The molecule has 0 spiro atoms. The summed E-state index contributed by atoms with van der Waals surface area (Å²) < 4.78 is 10.7. The summed E-state index contributed by atoms with van der Waals surface area (Å²) in [5.41, 5.74) is 5.56. The first-order chi connectivity index (χ1) is 10.8. The molecule has 2 aliphatic heterocycles. The number of hydrogen-bond acceptors (Lipinski definition) is 3. The van der Waals surface area contributed by atoms with E-state index >= 15 is 0 Å². The topological polar surface area (TPSA) is 21.7 Å². The minimum atomic E-state index is 0.476. The molecule has 0 aromatic heterocycles. The Balaban J connectivity index is 1.70. The van der Waals surface area contributed by atoms with Gasteiger partial charge >= 0.3 is 0 Å². The highest BCUT2D eigenvalue weighted by Crippen LogP contribution is 2.39. The van der Waals surface area contributed by atoms with Crippen molar-refractivity contribution in [3.05, 3.63) is 58.7 Å². The van der Waals surface area contributed by atoms with Crippen LogP contribution in [0.1, 0.15) is 28.3 Å². The largest absolute Gasteiger partial charge is 0.497 e. The third-order valence-electron chi connectivity index (χ3n) is 4.91. The van der Waals surface area contributed by atoms with E-state index in [0.29, 0.717) is 6.04 Å². The normalized spacial score (nSPS) is 19.8. The standard InChI is InChI=1S/C19H20NO2/c1-21-16-4-3-13-11-19-18-6-5-17(22-2)9-14(18)7-8-20(19)12-15(13)10-16/h3-6,9,19H,7-8,11-12H2,1-2H3. The maximum absolute atomic E-state index is 5.37. The van der Waals surface area contributed by atoms with Crippen molar-refractivity contribution in [1.82, 2.24) is 4.90 Å². The Bertz CT molecular complexity index is 711. The molecular formula is C19H20NO2. The Hall–Kier alpha value is -2.00. The lowest BCUT2D eigenvalue weighted by atomic mass is 9.84. The van der Waals surface area contributed by atoms with Crippen LogP contribution in [0.2, 0.25) is 0 Å². The van der Waals surface area contributed by atoms with Crippen LogP contribution >= 0.6 is 0 Å². The maximum Gasteiger partial charge on any atom is 0.127 e. The Labute approximate surface area is 131 Å². The van der Waals surface area contributed by atoms with Gasteiger partial charge in [-0.05, 0) is 53.3 Å². The van der Waals surface area contributed by atoms with Crippen molar-refractivity contribution in [3.8, 4) is 11.5 Å². The number of fused-ring (bicyclic) bond motifs is 4. The third kappa shape index (κ3) is 2.17. The predicted molar refractivity (Wildman–Crippen MR) is 85.4 cm³/mol. The second-order valence-electron chi connectivity index (χ2n) is 6.04. The fourth-order valence-electron chi connectivity index (χ4n) is 3.71. The molecule has 113 valence electrons. The highest BCUT2D eigenvalue weighted by Gasteiger charge is 2.32. The van der Waals surface area contributed by atoms with Gasteiger partial charge in [0.25, 0.3) is 0 Å². The molecule has 2 heterocycles. The first-order valence-corrected chi connectivity index (χ1v) is 7.77. The molecule has 1 radical (unpaired) electrons. The van der Waals surface area contributed by atoms with Crippen LogP contribution in [0.25, 0.3) is 0 Å². The summed E-state index contributed by atoms with van der Waals surface area (Å²) in [6.07, 6.45) is 2.14. The summed E-state index contributed by atoms with van der Waals surface area (Å²) in [6, 6.07) is 14.6. The van der Waals surface area contributed by atoms with Gasteiger partial charge in [0.15, 0.2) is 0 Å². The van der Waals surface area contributed by atoms with Crippen molar-refractivity contribution in [2.24, 2.45) is 0 Å². The SMILES string of the molecule is COc1[c]c2c(cc1)CC1c3ccc(OC)cc3CCN1C2. The second-order valence-corrected chi connectivity index (χ2v) is 6.04. The molecule has 3 heteroatoms. The van der Waals surface area contributed by atoms with Crippen molar-refractivity contribution in [3.63, 3.8) is 0 Å². The zero-order valence-corrected chi connectivity index (χ0v) is 13.1. The molecule has 2 aromatic carbocycles. The number of methoxy groups -OCH3 is 2. The Kier molecular flexibility index (Phi) is 3.30. The summed E-state index contributed by atoms with van der Waals surface area (Å²) in [6.45, 7) is 2.05. The van der Waals surface area contributed by atoms with E-state index in [4.69, 9.17) is 9.47 Å². The van der Waals surface area contributed by atoms with Crippen LogP contribution in [0.5, 0.6) is 11.5 Å². The highest BCUT2D eigenvalue weighted by molar-refractivity contribution is 5.43. The lowest BCUT2D eigenvalue weighted by molar-refractivity contribution is 0.160. The lowest BCUT2D eigenvalue weighted by Gasteiger charge is -2.41. The van der Waals surface area contributed by atoms with Gasteiger partial charge in [0.1, 0.15) is 11.5 Å². The van der Waals surface area contributed by atoms with Crippen LogP contribution in [0.3, 0.4) is 0 Å². The number of ether oxygens (including phenoxy) is 2. The van der Waals surface area contributed by atoms with Crippen molar-refractivity contribution < 1.29 is 9.47 Å². The second kappa shape index (κ2) is 5.33. The van der Waals surface area contributed by atoms with Crippen LogP contribution < -0.4 is 9.47 Å². The maximum atomic E-state index is 5.37. The van der Waals surface area contributed by atoms with E-state index in [-0.39, 0.29) is 0 Å². The van der Waals surface area contributed by atoms with Gasteiger partial charge in [-0.25, -0.2) is 0 Å². The van der Waals surface area contributed by atoms with Gasteiger partial charge in [0.2, 0.25) is 0 Å². The quantitative estimate of drug-likeness (QED) is 0.849. The summed E-state index contributed by atoms with van der Waals surface area (Å²) in [5.74, 6) is 1.79. The molecule has 0 bridgehead atoms. The van der Waals surface area contributed by atoms with Gasteiger partial charge in [-0.2, -0.15) is 0 Å². The molecule has 4 rings (SSSR count). The molecule has 22 heavy (non-hydrogen) atoms. The highest BCUT2D eigenvalue weighted by atomic mass is 16.5. The van der Waals surface area contributed by atoms with E-state index in [0.717, 1.165) is 37.4 Å². The molecular weight excluding hydrogens is 274 g/mol. The first kappa shape index (κ1) is 13.6. The zero-order valence-electron chi connectivity index (χ0n) is 13.1. The van der Waals surface area contributed by atoms with E-state index in [1.165, 1.54) is 22.3 Å². The number of hydrogen-bond donors (Lipinski definition) is 0. The van der Waals surface area contributed by atoms with Crippen molar-refractivity contribution in [2.45, 2.75) is 25.4 Å². The van der Waals surface area contributed by atoms with Crippen molar-refractivity contribution >= 4 is 0 Å². The van der Waals surface area contributed by atoms with E-state index in [9.17, 15) is 0 Å². The van der Waals surface area contributed by atoms with E-state index in [2.05, 4.69) is 35.2 Å². The monoisotopic (exact) mass is 294 g/mol. The van der Waals surface area contributed by atoms with Crippen molar-refractivity contribution in [2.75, 3.05) is 20.8 Å². The van der Waals surface area contributed by atoms with Crippen LogP contribution in [0.15, 0.2) is 30.3 Å². The minimum Gasteiger partial charge on any atom is -0.497 e. The lowest BCUT2D eigenvalue weighted by Crippen LogP contribution is -2.39. The molecule has 0 fully saturated rings. The third-order valence-corrected chi connectivity index (χ3v) is 4.91. The molecule has 0 aliphatic carbocycles. The number of benzene rings is 2. The Morgan fingerprint density at radius 3 is 2.82 bits per heavy atom. The van der Waals surface area contributed by atoms with E-state index in [1.54, 1.807) is 14.2 Å². The average molecular weight is 294 g/mol. The molecule has 0 N–H and O–H groups in total. The molecule has 2 aliphatic rings. The molecule has 0 saturated heterocycles. The van der Waals surface area contributed by atoms with Crippen LogP contribution in [0, 0.1) is 6.07 Å². The number of nitrogens with zero attached hydrogens (tertiary/aromatic N) is 1. The van der Waals surface area contributed by atoms with Gasteiger partial charge < -0.3 is 9.47 Å². The molecule has 1 atom stereocenters. The summed E-state index contributed by atoms with van der Waals surface area (Å²) in [7, 11) is 3.44. The van der Waals surface area contributed by atoms with Crippen LogP contribution in [0.4, 0.5) is 0 Å². The van der Waals surface area contributed by atoms with Gasteiger partial charge in [-0.3, -0.25) is 4.90 Å². The van der Waals surface area contributed by atoms with E-state index in [1.807, 2.05) is 6.07 Å². The molecule has 0 saturated carbocycles. The van der Waals surface area contributed by atoms with Gasteiger partial charge in [0.05, 0.1) is 14.2 Å². The molecule has 2 aromatic rings. The molecule has 3 nitrogen and oxygen atoms in total. The fraction of sp³-hybridized carbons (Fsp3) is 0.368. The fourth-order valence-corrected chi connectivity index (χ4v) is 3.71. The Morgan fingerprint density at radius 2 is 2.00 bits per heavy atom. The average Bonchev–Trinajstić information content (AvgIpc) is 2.58. The summed E-state index contributed by atoms with van der Waals surface area (Å²) in [5, 5.41) is 0. The van der Waals surface area contributed by atoms with Gasteiger partial charge in [0, 0.05) is 25.2 Å². The minimum absolute atomic E-state index is 0.476. The van der Waals surface area contributed by atoms with Crippen molar-refractivity contribution in [1.29, 1.82) is 0 Å². The van der Waals surface area contributed by atoms with Crippen LogP contribution in [-0.2, 0) is 19.4 Å². The summed E-state index contributed by atoms with van der Waals surface area (Å²) in [4.78, 5) is 2.56. The summed E-state index contributed by atoms with van der Waals surface area (Å²) >= 11 is 0. The Morgan fingerprint density at radius 1 is 1.09 bits per heavy atom. The first-order valence-electron chi connectivity index (χ1n) is 7.77. The van der Waals surface area contributed by atoms with Gasteiger partial charge in [-0.1, -0.05) is 12.1 Å². The predicted octanol–water partition coefficient (Wildman–Crippen LogP) is 3.16. The van der Waals surface area contributed by atoms with Gasteiger partial charge in [-0.15, -0.1) is 0 Å². The zero-order chi connectivity index (χ0) is 15.1. The number of rotatable bonds is 2.